The summed E-state index contributed by atoms with van der Waals surface area (Å²) in [7, 11) is 0. The fourth-order valence-corrected chi connectivity index (χ4v) is 0. The van der Waals surface area contributed by atoms with Crippen molar-refractivity contribution in [2.75, 3.05) is 0 Å². The zero-order chi connectivity index (χ0) is 9.00. The van der Waals surface area contributed by atoms with E-state index < -0.39 is 29.0 Å². The molecule has 0 amide bonds. The van der Waals surface area contributed by atoms with E-state index >= 15 is 0 Å². The average molecular weight is 696 g/mol. The molecule has 6 N–H and O–H groups in total. The van der Waals surface area contributed by atoms with Crippen LogP contribution < -0.4 is 0 Å². The molecule has 0 aliphatic heterocycles. The third-order valence-electron chi connectivity index (χ3n) is 0. The molecular formula is H6As2Ba3O8. The smallest absolute Gasteiger partial charge is 0 e. The maximum Gasteiger partial charge on any atom is 0 e. The standard InChI is InChI=1S/2AsH3O4.3Ba/c2*2-1(3,4)5;;;/h2*(H3,2,3,4,5);;;. The van der Waals surface area contributed by atoms with E-state index in [4.69, 9.17) is 32.1 Å². The van der Waals surface area contributed by atoms with Crippen LogP contribution in [0.1, 0.15) is 0 Å². The first-order valence-corrected chi connectivity index (χ1v) is 8.13. The molecule has 0 aliphatic rings. The van der Waals surface area contributed by atoms with Crippen LogP contribution in [-0.4, -0.2) is 200 Å². The molecule has 70 valence electrons. The first kappa shape index (κ1) is 30.9. The number of rotatable bonds is 0. The minimum Gasteiger partial charge on any atom is 0 e. The van der Waals surface area contributed by atoms with Gasteiger partial charge in [0, 0.05) is 147 Å². The van der Waals surface area contributed by atoms with Crippen LogP contribution in [0.25, 0.3) is 0 Å². The molecule has 0 aromatic heterocycles. The van der Waals surface area contributed by atoms with Gasteiger partial charge < -0.3 is 0 Å². The zero-order valence-corrected chi connectivity index (χ0v) is 23.6. The molecule has 0 heterocycles. The van der Waals surface area contributed by atoms with Gasteiger partial charge in [0.2, 0.25) is 0 Å². The maximum atomic E-state index is 8.94. The van der Waals surface area contributed by atoms with Crippen molar-refractivity contribution in [1.29, 1.82) is 0 Å². The van der Waals surface area contributed by atoms with E-state index in [0.717, 1.165) is 0 Å². The van der Waals surface area contributed by atoms with E-state index in [0.29, 0.717) is 0 Å². The topological polar surface area (TPSA) is 156 Å². The maximum absolute atomic E-state index is 8.94. The van der Waals surface area contributed by atoms with E-state index in [1.165, 1.54) is 0 Å². The Morgan fingerprint density at radius 2 is 0.538 bits per heavy atom. The van der Waals surface area contributed by atoms with Gasteiger partial charge in [-0.3, -0.25) is 0 Å². The van der Waals surface area contributed by atoms with Crippen LogP contribution in [-0.2, 0) is 7.48 Å². The van der Waals surface area contributed by atoms with Gasteiger partial charge in [0.1, 0.15) is 0 Å². The first-order chi connectivity index (χ1) is 4.00. The first-order valence-electron chi connectivity index (χ1n) is 1.57. The molecule has 0 aliphatic carbocycles. The molecule has 0 spiro atoms. The monoisotopic (exact) mass is 698 g/mol. The molecule has 0 atom stereocenters. The second-order valence-electron chi connectivity index (χ2n) is 1.03. The minimum atomic E-state index is -5.12. The molecule has 13 heteroatoms. The van der Waals surface area contributed by atoms with Crippen molar-refractivity contribution in [3.05, 3.63) is 0 Å². The summed E-state index contributed by atoms with van der Waals surface area (Å²) < 4.78 is 61.4. The quantitative estimate of drug-likeness (QED) is 0.137. The number of hydrogen-bond acceptors (Lipinski definition) is 2. The van der Waals surface area contributed by atoms with Gasteiger partial charge in [0.15, 0.2) is 0 Å². The Kier molecular flexibility index (Phi) is 36.2. The predicted molar refractivity (Wildman–Crippen MR) is 43.5 cm³/mol. The molecule has 13 heavy (non-hydrogen) atoms. The molecule has 0 saturated heterocycles. The summed E-state index contributed by atoms with van der Waals surface area (Å²) in [5.41, 5.74) is 0. The van der Waals surface area contributed by atoms with Crippen LogP contribution in [0, 0.1) is 0 Å². The Balaban J connectivity index is -0.0000000267. The van der Waals surface area contributed by atoms with Crippen molar-refractivity contribution in [2.24, 2.45) is 0 Å². The van der Waals surface area contributed by atoms with Gasteiger partial charge in [0.05, 0.1) is 0 Å². The van der Waals surface area contributed by atoms with Crippen LogP contribution in [0.4, 0.5) is 0 Å². The van der Waals surface area contributed by atoms with Crippen LogP contribution >= 0.6 is 0 Å². The minimum absolute atomic E-state index is 0. The van der Waals surface area contributed by atoms with Gasteiger partial charge in [0.25, 0.3) is 0 Å². The Morgan fingerprint density at radius 1 is 0.538 bits per heavy atom. The van der Waals surface area contributed by atoms with Gasteiger partial charge in [-0.25, -0.2) is 0 Å². The summed E-state index contributed by atoms with van der Waals surface area (Å²) in [6.45, 7) is 0. The summed E-state index contributed by atoms with van der Waals surface area (Å²) >= 11 is -10.2. The Hall–Kier alpha value is 5.19. The second kappa shape index (κ2) is 15.2. The second-order valence-corrected chi connectivity index (χ2v) is 5.33. The molecule has 0 unspecified atom stereocenters. The molecule has 8 nitrogen and oxygen atoms in total. The van der Waals surface area contributed by atoms with E-state index in [-0.39, 0.29) is 147 Å². The third kappa shape index (κ3) is 147. The molecule has 0 fully saturated rings. The SMILES string of the molecule is O=[As](O)(O)O.O=[As](O)(O)O.[Ba].[Ba].[Ba]. The van der Waals surface area contributed by atoms with Crippen molar-refractivity contribution >= 4 is 176 Å². The number of hydrogen-bond donors (Lipinski definition) is 6. The molecule has 0 saturated carbocycles. The Bertz CT molecular complexity index is 130. The van der Waals surface area contributed by atoms with E-state index in [2.05, 4.69) is 0 Å². The normalized spacial score (nSPS) is 9.08. The Morgan fingerprint density at radius 3 is 0.538 bits per heavy atom. The van der Waals surface area contributed by atoms with E-state index in [1.807, 2.05) is 0 Å². The Labute approximate surface area is 201 Å². The molecule has 0 rings (SSSR count). The van der Waals surface area contributed by atoms with Crippen molar-refractivity contribution < 1.29 is 32.1 Å². The van der Waals surface area contributed by atoms with E-state index in [1.54, 1.807) is 0 Å². The van der Waals surface area contributed by atoms with Crippen molar-refractivity contribution in [1.82, 2.24) is 0 Å². The largest absolute Gasteiger partial charge is 0 e. The fraction of sp³-hybridized carbons (Fsp3) is 0. The van der Waals surface area contributed by atoms with E-state index in [9.17, 15) is 0 Å². The van der Waals surface area contributed by atoms with Crippen molar-refractivity contribution in [3.8, 4) is 0 Å². The zero-order valence-electron chi connectivity index (χ0n) is 6.52. The van der Waals surface area contributed by atoms with Crippen LogP contribution in [0.3, 0.4) is 0 Å². The van der Waals surface area contributed by atoms with Gasteiger partial charge in [-0.2, -0.15) is 0 Å². The fourth-order valence-electron chi connectivity index (χ4n) is 0. The van der Waals surface area contributed by atoms with Gasteiger partial charge >= 0.3 is 61.1 Å². The summed E-state index contributed by atoms with van der Waals surface area (Å²) in [6.07, 6.45) is 0. The average Bonchev–Trinajstić information content (AvgIpc) is 1.12. The van der Waals surface area contributed by atoms with Crippen LogP contribution in [0.2, 0.25) is 0 Å². The van der Waals surface area contributed by atoms with Gasteiger partial charge in [-0.15, -0.1) is 0 Å². The van der Waals surface area contributed by atoms with Crippen molar-refractivity contribution in [3.63, 3.8) is 0 Å². The van der Waals surface area contributed by atoms with Crippen molar-refractivity contribution in [2.45, 2.75) is 0 Å². The van der Waals surface area contributed by atoms with Crippen LogP contribution in [0.15, 0.2) is 0 Å². The van der Waals surface area contributed by atoms with Gasteiger partial charge in [-0.05, 0) is 0 Å². The summed E-state index contributed by atoms with van der Waals surface area (Å²) in [6, 6.07) is 0. The molecule has 0 aromatic rings. The molecule has 6 radical (unpaired) electrons. The summed E-state index contributed by atoms with van der Waals surface area (Å²) in [5, 5.41) is 0. The summed E-state index contributed by atoms with van der Waals surface area (Å²) in [5.74, 6) is 0. The molecule has 0 aromatic carbocycles. The third-order valence-corrected chi connectivity index (χ3v) is 0. The molecule has 0 bridgehead atoms. The van der Waals surface area contributed by atoms with Gasteiger partial charge in [-0.1, -0.05) is 0 Å². The summed E-state index contributed by atoms with van der Waals surface area (Å²) in [4.78, 5) is 0. The van der Waals surface area contributed by atoms with Crippen LogP contribution in [0.5, 0.6) is 0 Å². The predicted octanol–water partition coefficient (Wildman–Crippen LogP) is -5.48. The molecular weight excluding hydrogens is 690 g/mol.